The molecule has 0 aliphatic heterocycles. The molecular formula is C14H21N3S. The number of rotatable bonds is 4. The van der Waals surface area contributed by atoms with Crippen LogP contribution in [-0.4, -0.2) is 16.5 Å². The third kappa shape index (κ3) is 3.19. The Kier molecular flexibility index (Phi) is 4.17. The molecule has 1 heterocycles. The Morgan fingerprint density at radius 1 is 1.50 bits per heavy atom. The summed E-state index contributed by atoms with van der Waals surface area (Å²) in [6.45, 7) is 5.29. The molecule has 0 bridgehead atoms. The van der Waals surface area contributed by atoms with E-state index in [2.05, 4.69) is 17.2 Å². The van der Waals surface area contributed by atoms with Crippen molar-refractivity contribution in [3.8, 4) is 0 Å². The Hall–Kier alpha value is -1.16. The first kappa shape index (κ1) is 13.3. The van der Waals surface area contributed by atoms with Crippen LogP contribution in [0.1, 0.15) is 37.4 Å². The van der Waals surface area contributed by atoms with Gasteiger partial charge in [0, 0.05) is 17.8 Å². The number of nitrogens with one attached hydrogen (secondary N) is 1. The fraction of sp³-hybridized carbons (Fsp3) is 0.571. The molecule has 0 saturated heterocycles. The van der Waals surface area contributed by atoms with Gasteiger partial charge in [-0.15, -0.1) is 0 Å². The van der Waals surface area contributed by atoms with Gasteiger partial charge in [-0.05, 0) is 37.3 Å². The van der Waals surface area contributed by atoms with Crippen LogP contribution in [0.5, 0.6) is 0 Å². The van der Waals surface area contributed by atoms with Crippen LogP contribution < -0.4 is 11.1 Å². The third-order valence-electron chi connectivity index (χ3n) is 3.82. The van der Waals surface area contributed by atoms with Crippen molar-refractivity contribution in [3.05, 3.63) is 23.4 Å². The summed E-state index contributed by atoms with van der Waals surface area (Å²) in [5.74, 6) is 2.47. The predicted octanol–water partition coefficient (Wildman–Crippen LogP) is 2.87. The van der Waals surface area contributed by atoms with Crippen LogP contribution in [0, 0.1) is 18.8 Å². The zero-order valence-corrected chi connectivity index (χ0v) is 11.9. The average Bonchev–Trinajstić information content (AvgIpc) is 2.71. The molecule has 1 aromatic heterocycles. The first-order valence-electron chi connectivity index (χ1n) is 6.58. The van der Waals surface area contributed by atoms with Crippen LogP contribution in [0.4, 0.5) is 5.82 Å². The van der Waals surface area contributed by atoms with Crippen LogP contribution in [0.3, 0.4) is 0 Å². The molecule has 98 valence electrons. The summed E-state index contributed by atoms with van der Waals surface area (Å²) in [5.41, 5.74) is 7.50. The summed E-state index contributed by atoms with van der Waals surface area (Å²) < 4.78 is 0. The van der Waals surface area contributed by atoms with Gasteiger partial charge in [-0.25, -0.2) is 4.98 Å². The van der Waals surface area contributed by atoms with Crippen molar-refractivity contribution < 1.29 is 0 Å². The second-order valence-corrected chi connectivity index (χ2v) is 5.74. The van der Waals surface area contributed by atoms with Gasteiger partial charge in [-0.3, -0.25) is 0 Å². The number of thiocarbonyl (C=S) groups is 1. The third-order valence-corrected chi connectivity index (χ3v) is 4.06. The van der Waals surface area contributed by atoms with E-state index >= 15 is 0 Å². The number of nitrogens with zero attached hydrogens (tertiary/aromatic N) is 1. The average molecular weight is 263 g/mol. The largest absolute Gasteiger partial charge is 0.389 e. The fourth-order valence-corrected chi connectivity index (χ4v) is 2.78. The molecule has 2 rings (SSSR count). The first-order chi connectivity index (χ1) is 8.56. The van der Waals surface area contributed by atoms with E-state index in [1.807, 2.05) is 19.1 Å². The van der Waals surface area contributed by atoms with Crippen molar-refractivity contribution in [3.63, 3.8) is 0 Å². The minimum Gasteiger partial charge on any atom is -0.389 e. The molecule has 4 heteroatoms. The van der Waals surface area contributed by atoms with Crippen molar-refractivity contribution in [2.75, 3.05) is 11.9 Å². The molecule has 1 aliphatic carbocycles. The van der Waals surface area contributed by atoms with Crippen molar-refractivity contribution in [2.24, 2.45) is 17.6 Å². The molecule has 1 aliphatic rings. The molecule has 1 fully saturated rings. The topological polar surface area (TPSA) is 50.9 Å². The number of aryl methyl sites for hydroxylation is 1. The summed E-state index contributed by atoms with van der Waals surface area (Å²) in [5, 5.41) is 3.43. The van der Waals surface area contributed by atoms with Crippen LogP contribution in [0.25, 0.3) is 0 Å². The highest BCUT2D eigenvalue weighted by atomic mass is 32.1. The van der Waals surface area contributed by atoms with E-state index in [1.54, 1.807) is 0 Å². The smallest absolute Gasteiger partial charge is 0.126 e. The summed E-state index contributed by atoms with van der Waals surface area (Å²) in [6, 6.07) is 3.86. The van der Waals surface area contributed by atoms with Gasteiger partial charge in [-0.1, -0.05) is 32.0 Å². The maximum absolute atomic E-state index is 5.67. The molecule has 18 heavy (non-hydrogen) atoms. The number of hydrogen-bond acceptors (Lipinski definition) is 3. The summed E-state index contributed by atoms with van der Waals surface area (Å²) in [7, 11) is 0. The second-order valence-electron chi connectivity index (χ2n) is 5.30. The highest BCUT2D eigenvalue weighted by Crippen LogP contribution is 2.31. The minimum atomic E-state index is 0.429. The van der Waals surface area contributed by atoms with Gasteiger partial charge in [0.1, 0.15) is 10.8 Å². The molecule has 0 aromatic carbocycles. The highest BCUT2D eigenvalue weighted by Gasteiger charge is 2.22. The Bertz CT molecular complexity index is 445. The Morgan fingerprint density at radius 2 is 2.28 bits per heavy atom. The van der Waals surface area contributed by atoms with Gasteiger partial charge in [0.05, 0.1) is 0 Å². The molecule has 1 saturated carbocycles. The quantitative estimate of drug-likeness (QED) is 0.820. The maximum atomic E-state index is 5.67. The van der Waals surface area contributed by atoms with Gasteiger partial charge >= 0.3 is 0 Å². The van der Waals surface area contributed by atoms with E-state index in [0.29, 0.717) is 4.99 Å². The molecule has 3 N–H and O–H groups in total. The van der Waals surface area contributed by atoms with Crippen molar-refractivity contribution >= 4 is 23.0 Å². The first-order valence-corrected chi connectivity index (χ1v) is 6.99. The van der Waals surface area contributed by atoms with E-state index < -0.39 is 0 Å². The lowest BCUT2D eigenvalue weighted by atomic mass is 9.98. The van der Waals surface area contributed by atoms with Gasteiger partial charge < -0.3 is 11.1 Å². The standard InChI is InChI=1S/C14H21N3S/c1-9-4-3-5-11(9)8-16-13-7-12(14(15)18)6-10(2)17-13/h6-7,9,11H,3-5,8H2,1-2H3,(H2,15,18)(H,16,17). The Morgan fingerprint density at radius 3 is 2.89 bits per heavy atom. The minimum absolute atomic E-state index is 0.429. The summed E-state index contributed by atoms with van der Waals surface area (Å²) in [6.07, 6.45) is 4.03. The molecule has 0 spiro atoms. The van der Waals surface area contributed by atoms with Gasteiger partial charge in [0.25, 0.3) is 0 Å². The molecule has 3 nitrogen and oxygen atoms in total. The normalized spacial score (nSPS) is 23.0. The predicted molar refractivity (Wildman–Crippen MR) is 79.9 cm³/mol. The van der Waals surface area contributed by atoms with E-state index in [0.717, 1.165) is 35.5 Å². The monoisotopic (exact) mass is 263 g/mol. The molecule has 2 unspecified atom stereocenters. The van der Waals surface area contributed by atoms with E-state index in [9.17, 15) is 0 Å². The van der Waals surface area contributed by atoms with Crippen LogP contribution in [0.15, 0.2) is 12.1 Å². The number of anilines is 1. The number of pyridine rings is 1. The van der Waals surface area contributed by atoms with Crippen LogP contribution >= 0.6 is 12.2 Å². The zero-order valence-electron chi connectivity index (χ0n) is 11.1. The molecule has 0 amide bonds. The second kappa shape index (κ2) is 5.65. The van der Waals surface area contributed by atoms with E-state index in [1.165, 1.54) is 19.3 Å². The molecule has 2 atom stereocenters. The van der Waals surface area contributed by atoms with Gasteiger partial charge in [0.15, 0.2) is 0 Å². The number of aromatic nitrogens is 1. The van der Waals surface area contributed by atoms with Gasteiger partial charge in [0.2, 0.25) is 0 Å². The maximum Gasteiger partial charge on any atom is 0.126 e. The van der Waals surface area contributed by atoms with Crippen LogP contribution in [0.2, 0.25) is 0 Å². The molecule has 1 aromatic rings. The zero-order chi connectivity index (χ0) is 13.1. The fourth-order valence-electron chi connectivity index (χ4n) is 2.66. The lowest BCUT2D eigenvalue weighted by Crippen LogP contribution is -2.18. The highest BCUT2D eigenvalue weighted by molar-refractivity contribution is 7.80. The van der Waals surface area contributed by atoms with E-state index in [-0.39, 0.29) is 0 Å². The summed E-state index contributed by atoms with van der Waals surface area (Å²) in [4.78, 5) is 4.90. The van der Waals surface area contributed by atoms with Crippen molar-refractivity contribution in [1.82, 2.24) is 4.98 Å². The Labute approximate surface area is 114 Å². The van der Waals surface area contributed by atoms with Crippen molar-refractivity contribution in [1.29, 1.82) is 0 Å². The van der Waals surface area contributed by atoms with E-state index in [4.69, 9.17) is 18.0 Å². The SMILES string of the molecule is Cc1cc(C(N)=S)cc(NCC2CCCC2C)n1. The number of nitrogens with two attached hydrogens (primary N) is 1. The van der Waals surface area contributed by atoms with Gasteiger partial charge in [-0.2, -0.15) is 0 Å². The lowest BCUT2D eigenvalue weighted by Gasteiger charge is -2.17. The summed E-state index contributed by atoms with van der Waals surface area (Å²) >= 11 is 5.01. The van der Waals surface area contributed by atoms with Crippen LogP contribution in [-0.2, 0) is 0 Å². The molecule has 0 radical (unpaired) electrons. The number of hydrogen-bond donors (Lipinski definition) is 2. The Balaban J connectivity index is 2.02. The lowest BCUT2D eigenvalue weighted by molar-refractivity contribution is 0.439. The molecular weight excluding hydrogens is 242 g/mol. The van der Waals surface area contributed by atoms with Crippen molar-refractivity contribution in [2.45, 2.75) is 33.1 Å².